The normalized spacial score (nSPS) is 27.8. The number of hydrogen-bond acceptors (Lipinski definition) is 5. The lowest BCUT2D eigenvalue weighted by atomic mass is 10.0. The largest absolute Gasteiger partial charge is 0.495 e. The molecule has 3 unspecified atom stereocenters. The fourth-order valence-corrected chi connectivity index (χ4v) is 2.95. The Hall–Kier alpha value is -1.34. The van der Waals surface area contributed by atoms with E-state index in [1.165, 1.54) is 0 Å². The van der Waals surface area contributed by atoms with Gasteiger partial charge in [0, 0.05) is 18.1 Å². The summed E-state index contributed by atoms with van der Waals surface area (Å²) in [6, 6.07) is 4.66. The third-order valence-electron chi connectivity index (χ3n) is 3.95. The summed E-state index contributed by atoms with van der Waals surface area (Å²) in [4.78, 5) is 17.9. The van der Waals surface area contributed by atoms with Gasteiger partial charge in [0.1, 0.15) is 17.9 Å². The zero-order chi connectivity index (χ0) is 15.5. The van der Waals surface area contributed by atoms with Crippen molar-refractivity contribution in [1.29, 1.82) is 0 Å². The van der Waals surface area contributed by atoms with Gasteiger partial charge in [0.15, 0.2) is 0 Å². The average Bonchev–Trinajstić information content (AvgIpc) is 3.18. The number of ether oxygens (including phenoxy) is 2. The van der Waals surface area contributed by atoms with Gasteiger partial charge < -0.3 is 14.8 Å². The van der Waals surface area contributed by atoms with Gasteiger partial charge in [0.05, 0.1) is 18.9 Å². The van der Waals surface area contributed by atoms with E-state index in [0.29, 0.717) is 22.9 Å². The molecule has 0 bridgehead atoms. The lowest BCUT2D eigenvalue weighted by Gasteiger charge is -2.15. The van der Waals surface area contributed by atoms with Crippen LogP contribution in [0.5, 0.6) is 5.75 Å². The molecule has 120 valence electrons. The van der Waals surface area contributed by atoms with Crippen molar-refractivity contribution in [3.05, 3.63) is 23.2 Å². The number of benzene rings is 1. The minimum absolute atomic E-state index is 0.0750. The summed E-state index contributed by atoms with van der Waals surface area (Å²) in [5.41, 5.74) is 3.33. The first-order valence-electron chi connectivity index (χ1n) is 7.34. The number of nitrogens with one attached hydrogen (secondary N) is 2. The quantitative estimate of drug-likeness (QED) is 0.887. The molecule has 2 heterocycles. The van der Waals surface area contributed by atoms with Crippen LogP contribution in [0.3, 0.4) is 0 Å². The molecular weight excluding hydrogens is 308 g/mol. The van der Waals surface area contributed by atoms with Crippen molar-refractivity contribution in [2.45, 2.75) is 37.5 Å². The van der Waals surface area contributed by atoms with E-state index in [2.05, 4.69) is 10.8 Å². The highest BCUT2D eigenvalue weighted by atomic mass is 35.5. The van der Waals surface area contributed by atoms with Crippen LogP contribution < -0.4 is 15.5 Å². The molecular formula is C15H19ClN2O4. The first-order valence-corrected chi connectivity index (χ1v) is 7.72. The van der Waals surface area contributed by atoms with Crippen LogP contribution in [-0.2, 0) is 14.4 Å². The van der Waals surface area contributed by atoms with E-state index in [1.54, 1.807) is 25.3 Å². The van der Waals surface area contributed by atoms with Gasteiger partial charge in [-0.3, -0.25) is 9.63 Å². The molecule has 2 fully saturated rings. The van der Waals surface area contributed by atoms with E-state index in [-0.39, 0.29) is 18.1 Å². The fourth-order valence-electron chi connectivity index (χ4n) is 2.78. The molecule has 0 aliphatic carbocycles. The van der Waals surface area contributed by atoms with E-state index < -0.39 is 6.04 Å². The molecule has 6 nitrogen and oxygen atoms in total. The number of carbonyl (C=O) groups excluding carboxylic acids is 1. The molecule has 3 rings (SSSR count). The van der Waals surface area contributed by atoms with Gasteiger partial charge in [-0.05, 0) is 31.0 Å². The summed E-state index contributed by atoms with van der Waals surface area (Å²) in [6.07, 6.45) is 2.59. The maximum atomic E-state index is 12.4. The molecule has 2 saturated heterocycles. The standard InChI is InChI=1S/C15H19ClN2O4/c1-20-12-5-4-9(16)7-10(12)17-15(19)11-8-14(22-18-11)13-3-2-6-21-13/h4-5,7,11,13-14,18H,2-3,6,8H2,1H3,(H,17,19). The molecule has 7 heteroatoms. The van der Waals surface area contributed by atoms with Gasteiger partial charge in [-0.25, -0.2) is 0 Å². The van der Waals surface area contributed by atoms with E-state index in [1.807, 2.05) is 0 Å². The molecule has 1 aromatic rings. The molecule has 2 aliphatic rings. The Kier molecular flexibility index (Phi) is 4.83. The molecule has 1 amide bonds. The second-order valence-electron chi connectivity index (χ2n) is 5.45. The van der Waals surface area contributed by atoms with Gasteiger partial charge >= 0.3 is 0 Å². The second-order valence-corrected chi connectivity index (χ2v) is 5.88. The number of halogens is 1. The Morgan fingerprint density at radius 2 is 2.32 bits per heavy atom. The summed E-state index contributed by atoms with van der Waals surface area (Å²) >= 11 is 5.96. The Labute approximate surface area is 134 Å². The summed E-state index contributed by atoms with van der Waals surface area (Å²) in [6.45, 7) is 0.765. The molecule has 0 spiro atoms. The molecule has 3 atom stereocenters. The Bertz CT molecular complexity index is 548. The maximum absolute atomic E-state index is 12.4. The molecule has 22 heavy (non-hydrogen) atoms. The van der Waals surface area contributed by atoms with Gasteiger partial charge in [-0.2, -0.15) is 5.48 Å². The smallest absolute Gasteiger partial charge is 0.244 e. The Morgan fingerprint density at radius 1 is 1.45 bits per heavy atom. The number of carbonyl (C=O) groups is 1. The van der Waals surface area contributed by atoms with Gasteiger partial charge in [-0.15, -0.1) is 0 Å². The fraction of sp³-hybridized carbons (Fsp3) is 0.533. The molecule has 0 aromatic heterocycles. The zero-order valence-electron chi connectivity index (χ0n) is 12.3. The molecule has 2 N–H and O–H groups in total. The van der Waals surface area contributed by atoms with E-state index >= 15 is 0 Å². The number of rotatable bonds is 4. The SMILES string of the molecule is COc1ccc(Cl)cc1NC(=O)C1CC(C2CCCO2)ON1. The maximum Gasteiger partial charge on any atom is 0.244 e. The van der Waals surface area contributed by atoms with Crippen LogP contribution in [-0.4, -0.2) is 37.9 Å². The van der Waals surface area contributed by atoms with Crippen molar-refractivity contribution in [1.82, 2.24) is 5.48 Å². The van der Waals surface area contributed by atoms with Crippen LogP contribution in [0.4, 0.5) is 5.69 Å². The minimum atomic E-state index is -0.419. The van der Waals surface area contributed by atoms with Crippen molar-refractivity contribution in [2.75, 3.05) is 19.0 Å². The predicted molar refractivity (Wildman–Crippen MR) is 82.0 cm³/mol. The summed E-state index contributed by atoms with van der Waals surface area (Å²) in [5.74, 6) is 0.383. The van der Waals surface area contributed by atoms with Gasteiger partial charge in [0.25, 0.3) is 0 Å². The van der Waals surface area contributed by atoms with Crippen LogP contribution in [0, 0.1) is 0 Å². The number of amides is 1. The lowest BCUT2D eigenvalue weighted by Crippen LogP contribution is -2.35. The topological polar surface area (TPSA) is 68.8 Å². The average molecular weight is 327 g/mol. The second kappa shape index (κ2) is 6.83. The number of hydrogen-bond donors (Lipinski definition) is 2. The Morgan fingerprint density at radius 3 is 3.05 bits per heavy atom. The third-order valence-corrected chi connectivity index (χ3v) is 4.18. The van der Waals surface area contributed by atoms with Crippen molar-refractivity contribution in [3.63, 3.8) is 0 Å². The lowest BCUT2D eigenvalue weighted by molar-refractivity contribution is -0.119. The molecule has 2 aliphatic heterocycles. The van der Waals surface area contributed by atoms with Crippen molar-refractivity contribution >= 4 is 23.2 Å². The summed E-state index contributed by atoms with van der Waals surface area (Å²) in [5, 5.41) is 3.36. The van der Waals surface area contributed by atoms with Crippen LogP contribution in [0.15, 0.2) is 18.2 Å². The first kappa shape index (κ1) is 15.6. The van der Waals surface area contributed by atoms with Gasteiger partial charge in [0.2, 0.25) is 5.91 Å². The molecule has 0 radical (unpaired) electrons. The highest BCUT2D eigenvalue weighted by molar-refractivity contribution is 6.31. The van der Waals surface area contributed by atoms with Crippen molar-refractivity contribution in [3.8, 4) is 5.75 Å². The molecule has 0 saturated carbocycles. The van der Waals surface area contributed by atoms with Crippen LogP contribution in [0.25, 0.3) is 0 Å². The van der Waals surface area contributed by atoms with E-state index in [9.17, 15) is 4.79 Å². The number of hydroxylamine groups is 1. The Balaban J connectivity index is 1.62. The number of anilines is 1. The van der Waals surface area contributed by atoms with Gasteiger partial charge in [-0.1, -0.05) is 11.6 Å². The van der Waals surface area contributed by atoms with E-state index in [0.717, 1.165) is 19.4 Å². The highest BCUT2D eigenvalue weighted by Gasteiger charge is 2.37. The van der Waals surface area contributed by atoms with Crippen molar-refractivity contribution < 1.29 is 19.1 Å². The predicted octanol–water partition coefficient (Wildman–Crippen LogP) is 2.13. The van der Waals surface area contributed by atoms with E-state index in [4.69, 9.17) is 25.9 Å². The summed E-state index contributed by atoms with van der Waals surface area (Å²) in [7, 11) is 1.54. The molecule has 1 aromatic carbocycles. The monoisotopic (exact) mass is 326 g/mol. The van der Waals surface area contributed by atoms with Crippen LogP contribution >= 0.6 is 11.6 Å². The van der Waals surface area contributed by atoms with Crippen LogP contribution in [0.1, 0.15) is 19.3 Å². The van der Waals surface area contributed by atoms with Crippen LogP contribution in [0.2, 0.25) is 5.02 Å². The minimum Gasteiger partial charge on any atom is -0.495 e. The number of methoxy groups -OCH3 is 1. The van der Waals surface area contributed by atoms with Crippen molar-refractivity contribution in [2.24, 2.45) is 0 Å². The summed E-state index contributed by atoms with van der Waals surface area (Å²) < 4.78 is 10.8. The first-order chi connectivity index (χ1) is 10.7. The zero-order valence-corrected chi connectivity index (χ0v) is 13.1. The highest BCUT2D eigenvalue weighted by Crippen LogP contribution is 2.29. The third kappa shape index (κ3) is 3.35.